The van der Waals surface area contributed by atoms with Gasteiger partial charge in [-0.1, -0.05) is 53.6 Å². The molecule has 1 amide bonds. The van der Waals surface area contributed by atoms with E-state index < -0.39 is 17.7 Å². The van der Waals surface area contributed by atoms with Crippen LogP contribution in [0.15, 0.2) is 72.6 Å². The molecule has 0 aliphatic carbocycles. The summed E-state index contributed by atoms with van der Waals surface area (Å²) in [5.74, 6) is -1.80. The molecule has 1 aromatic heterocycles. The van der Waals surface area contributed by atoms with E-state index in [-0.39, 0.29) is 17.3 Å². The van der Waals surface area contributed by atoms with Gasteiger partial charge in [0.15, 0.2) is 0 Å². The van der Waals surface area contributed by atoms with Gasteiger partial charge in [0.05, 0.1) is 11.6 Å². The number of halogens is 1. The topological polar surface area (TPSA) is 83.4 Å². The van der Waals surface area contributed by atoms with E-state index in [4.69, 9.17) is 11.6 Å². The van der Waals surface area contributed by atoms with Crippen LogP contribution >= 0.6 is 11.6 Å². The van der Waals surface area contributed by atoms with Crippen molar-refractivity contribution >= 4 is 35.0 Å². The van der Waals surface area contributed by atoms with Gasteiger partial charge < -0.3 is 5.11 Å². The van der Waals surface area contributed by atoms with Crippen molar-refractivity contribution in [3.63, 3.8) is 0 Å². The number of amides is 1. The average molecular weight is 406 g/mol. The summed E-state index contributed by atoms with van der Waals surface area (Å²) in [4.78, 5) is 35.3. The number of carbonyl (C=O) groups excluding carboxylic acids is 2. The van der Waals surface area contributed by atoms with Crippen LogP contribution in [0.5, 0.6) is 0 Å². The summed E-state index contributed by atoms with van der Waals surface area (Å²) in [5, 5.41) is 11.4. The van der Waals surface area contributed by atoms with E-state index in [2.05, 4.69) is 9.97 Å². The van der Waals surface area contributed by atoms with Gasteiger partial charge in [0.1, 0.15) is 5.76 Å². The summed E-state index contributed by atoms with van der Waals surface area (Å²) in [5.41, 5.74) is 1.98. The summed E-state index contributed by atoms with van der Waals surface area (Å²) in [6.07, 6.45) is 2.97. The number of aliphatic hydroxyl groups excluding tert-OH is 1. The monoisotopic (exact) mass is 405 g/mol. The van der Waals surface area contributed by atoms with Gasteiger partial charge in [-0.3, -0.25) is 14.5 Å². The minimum atomic E-state index is -0.905. The first-order valence-electron chi connectivity index (χ1n) is 8.88. The van der Waals surface area contributed by atoms with Crippen molar-refractivity contribution in [2.24, 2.45) is 0 Å². The van der Waals surface area contributed by atoms with Crippen molar-refractivity contribution in [3.05, 3.63) is 94.3 Å². The first-order chi connectivity index (χ1) is 14.0. The van der Waals surface area contributed by atoms with Gasteiger partial charge in [0.2, 0.25) is 5.95 Å². The SMILES string of the molecule is Cc1ccc(C(O)=C2C(=O)C(=O)N(c3ncccn3)[C@@H]2c2cccc(Cl)c2)cc1. The lowest BCUT2D eigenvalue weighted by Gasteiger charge is -2.23. The Labute approximate surface area is 172 Å². The van der Waals surface area contributed by atoms with Gasteiger partial charge in [0.25, 0.3) is 5.78 Å². The lowest BCUT2D eigenvalue weighted by molar-refractivity contribution is -0.132. The number of Topliss-reactive ketones (excluding diaryl/α,β-unsaturated/α-hetero) is 1. The lowest BCUT2D eigenvalue weighted by Crippen LogP contribution is -2.31. The maximum Gasteiger partial charge on any atom is 0.302 e. The molecule has 0 spiro atoms. The summed E-state index contributed by atoms with van der Waals surface area (Å²) in [6, 6.07) is 14.5. The van der Waals surface area contributed by atoms with Crippen LogP contribution in [-0.2, 0) is 9.59 Å². The molecular formula is C22H16ClN3O3. The summed E-state index contributed by atoms with van der Waals surface area (Å²) >= 11 is 6.15. The molecule has 6 nitrogen and oxygen atoms in total. The number of aryl methyl sites for hydroxylation is 1. The fourth-order valence-electron chi connectivity index (χ4n) is 3.31. The van der Waals surface area contributed by atoms with Crippen LogP contribution in [0.1, 0.15) is 22.7 Å². The molecule has 1 aliphatic rings. The molecule has 2 heterocycles. The van der Waals surface area contributed by atoms with Gasteiger partial charge in [-0.15, -0.1) is 0 Å². The van der Waals surface area contributed by atoms with Gasteiger partial charge in [0, 0.05) is 23.0 Å². The molecule has 144 valence electrons. The second kappa shape index (κ2) is 7.48. The van der Waals surface area contributed by atoms with E-state index in [9.17, 15) is 14.7 Å². The summed E-state index contributed by atoms with van der Waals surface area (Å²) < 4.78 is 0. The van der Waals surface area contributed by atoms with E-state index >= 15 is 0 Å². The molecule has 1 aliphatic heterocycles. The Morgan fingerprint density at radius 3 is 2.38 bits per heavy atom. The predicted molar refractivity (Wildman–Crippen MR) is 109 cm³/mol. The third kappa shape index (κ3) is 3.39. The highest BCUT2D eigenvalue weighted by atomic mass is 35.5. The van der Waals surface area contributed by atoms with Crippen LogP contribution in [0.25, 0.3) is 5.76 Å². The number of carbonyl (C=O) groups is 2. The van der Waals surface area contributed by atoms with Crippen molar-refractivity contribution in [3.8, 4) is 0 Å². The molecule has 1 saturated heterocycles. The molecule has 0 bridgehead atoms. The molecule has 1 N–H and O–H groups in total. The fourth-order valence-corrected chi connectivity index (χ4v) is 3.51. The Kier molecular flexibility index (Phi) is 4.86. The maximum atomic E-state index is 12.9. The second-order valence-electron chi connectivity index (χ2n) is 6.64. The number of aliphatic hydroxyl groups is 1. The van der Waals surface area contributed by atoms with E-state index in [1.807, 2.05) is 19.1 Å². The van der Waals surface area contributed by atoms with Crippen LogP contribution < -0.4 is 4.90 Å². The quantitative estimate of drug-likeness (QED) is 0.403. The standard InChI is InChI=1S/C22H16ClN3O3/c1-13-6-8-14(9-7-13)19(27)17-18(15-4-2-5-16(23)12-15)26(21(29)20(17)28)22-24-10-3-11-25-22/h2-12,18,27H,1H3/t18-/m1/s1. The van der Waals surface area contributed by atoms with Crippen molar-refractivity contribution < 1.29 is 14.7 Å². The maximum absolute atomic E-state index is 12.9. The van der Waals surface area contributed by atoms with Crippen LogP contribution in [0.3, 0.4) is 0 Å². The molecule has 0 unspecified atom stereocenters. The van der Waals surface area contributed by atoms with Gasteiger partial charge in [-0.25, -0.2) is 9.97 Å². The van der Waals surface area contributed by atoms with E-state index in [1.165, 1.54) is 17.3 Å². The highest BCUT2D eigenvalue weighted by Gasteiger charge is 2.48. The van der Waals surface area contributed by atoms with Crippen LogP contribution in [0.4, 0.5) is 5.95 Å². The largest absolute Gasteiger partial charge is 0.507 e. The first-order valence-corrected chi connectivity index (χ1v) is 9.25. The van der Waals surface area contributed by atoms with Crippen LogP contribution in [0.2, 0.25) is 5.02 Å². The molecule has 2 aromatic carbocycles. The highest BCUT2D eigenvalue weighted by Crippen LogP contribution is 2.41. The van der Waals surface area contributed by atoms with Gasteiger partial charge in [-0.05, 0) is 30.7 Å². The number of nitrogens with zero attached hydrogens (tertiary/aromatic N) is 3. The molecule has 1 fully saturated rings. The summed E-state index contributed by atoms with van der Waals surface area (Å²) in [7, 11) is 0. The van der Waals surface area contributed by atoms with Crippen molar-refractivity contribution in [1.29, 1.82) is 0 Å². The van der Waals surface area contributed by atoms with E-state index in [0.29, 0.717) is 16.1 Å². The minimum absolute atomic E-state index is 0.0337. The smallest absolute Gasteiger partial charge is 0.302 e. The number of anilines is 1. The van der Waals surface area contributed by atoms with E-state index in [1.54, 1.807) is 42.5 Å². The van der Waals surface area contributed by atoms with Gasteiger partial charge >= 0.3 is 5.91 Å². The third-order valence-corrected chi connectivity index (χ3v) is 4.94. The molecule has 29 heavy (non-hydrogen) atoms. The second-order valence-corrected chi connectivity index (χ2v) is 7.08. The number of hydrogen-bond donors (Lipinski definition) is 1. The van der Waals surface area contributed by atoms with Crippen molar-refractivity contribution in [1.82, 2.24) is 9.97 Å². The highest BCUT2D eigenvalue weighted by molar-refractivity contribution is 6.51. The zero-order chi connectivity index (χ0) is 20.5. The molecule has 4 rings (SSSR count). The Morgan fingerprint density at radius 1 is 1.03 bits per heavy atom. The Bertz CT molecular complexity index is 1130. The number of aromatic nitrogens is 2. The van der Waals surface area contributed by atoms with Crippen LogP contribution in [0, 0.1) is 6.92 Å². The Hall–Kier alpha value is -3.51. The molecule has 7 heteroatoms. The zero-order valence-electron chi connectivity index (χ0n) is 15.4. The zero-order valence-corrected chi connectivity index (χ0v) is 16.2. The summed E-state index contributed by atoms with van der Waals surface area (Å²) in [6.45, 7) is 1.92. The Morgan fingerprint density at radius 2 is 1.72 bits per heavy atom. The Balaban J connectivity index is 1.95. The molecule has 1 atom stereocenters. The average Bonchev–Trinajstić information content (AvgIpc) is 2.99. The normalized spacial score (nSPS) is 18.3. The lowest BCUT2D eigenvalue weighted by atomic mass is 9.95. The predicted octanol–water partition coefficient (Wildman–Crippen LogP) is 4.06. The molecule has 0 radical (unpaired) electrons. The molecule has 3 aromatic rings. The first kappa shape index (κ1) is 18.8. The number of rotatable bonds is 3. The number of benzene rings is 2. The molecule has 0 saturated carbocycles. The fraction of sp³-hybridized carbons (Fsp3) is 0.0909. The molecular weight excluding hydrogens is 390 g/mol. The number of ketones is 1. The minimum Gasteiger partial charge on any atom is -0.507 e. The third-order valence-electron chi connectivity index (χ3n) is 4.70. The van der Waals surface area contributed by atoms with E-state index in [0.717, 1.165) is 5.56 Å². The van der Waals surface area contributed by atoms with Crippen molar-refractivity contribution in [2.45, 2.75) is 13.0 Å². The van der Waals surface area contributed by atoms with Crippen molar-refractivity contribution in [2.75, 3.05) is 4.90 Å². The number of hydrogen-bond acceptors (Lipinski definition) is 5. The van der Waals surface area contributed by atoms with Gasteiger partial charge in [-0.2, -0.15) is 0 Å². The van der Waals surface area contributed by atoms with Crippen LogP contribution in [-0.4, -0.2) is 26.8 Å².